The molecule has 0 N–H and O–H groups in total. The smallest absolute Gasteiger partial charge is 0.254 e. The topological polar surface area (TPSA) is 44.1 Å². The number of amides is 1. The average molecular weight is 241 g/mol. The third-order valence-electron chi connectivity index (χ3n) is 2.25. The van der Waals surface area contributed by atoms with Crippen LogP contribution in [0, 0.1) is 17.1 Å². The fraction of sp³-hybridized carbons (Fsp3) is 0.273. The third kappa shape index (κ3) is 2.50. The fourth-order valence-corrected chi connectivity index (χ4v) is 1.28. The molecule has 1 amide bonds. The summed E-state index contributed by atoms with van der Waals surface area (Å²) in [7, 11) is 1.51. The number of rotatable bonds is 2. The Morgan fingerprint density at radius 3 is 2.75 bits per heavy atom. The van der Waals surface area contributed by atoms with Crippen molar-refractivity contribution in [2.45, 2.75) is 13.0 Å². The van der Waals surface area contributed by atoms with E-state index in [2.05, 4.69) is 0 Å². The summed E-state index contributed by atoms with van der Waals surface area (Å²) in [5, 5.41) is 8.56. The Labute approximate surface area is 98.0 Å². The van der Waals surface area contributed by atoms with Gasteiger partial charge in [0.2, 0.25) is 0 Å². The first kappa shape index (κ1) is 12.5. The number of benzene rings is 1. The molecule has 1 rings (SSSR count). The third-order valence-corrected chi connectivity index (χ3v) is 2.54. The minimum atomic E-state index is -0.575. The monoisotopic (exact) mass is 240 g/mol. The van der Waals surface area contributed by atoms with E-state index in [9.17, 15) is 9.18 Å². The van der Waals surface area contributed by atoms with Gasteiger partial charge in [-0.25, -0.2) is 4.39 Å². The molecule has 0 heterocycles. The molecule has 5 heteroatoms. The SMILES string of the molecule is CC(C#N)N(C)C(=O)c1ccc(F)c(Cl)c1. The second-order valence-electron chi connectivity index (χ2n) is 3.35. The second kappa shape index (κ2) is 4.95. The molecule has 1 unspecified atom stereocenters. The number of halogens is 2. The number of carbonyl (C=O) groups is 1. The van der Waals surface area contributed by atoms with Gasteiger partial charge in [-0.3, -0.25) is 4.79 Å². The molecule has 0 radical (unpaired) electrons. The number of nitrogens with zero attached hydrogens (tertiary/aromatic N) is 2. The van der Waals surface area contributed by atoms with Crippen molar-refractivity contribution in [3.05, 3.63) is 34.6 Å². The van der Waals surface area contributed by atoms with Crippen LogP contribution in [0.4, 0.5) is 4.39 Å². The Kier molecular flexibility index (Phi) is 3.86. The van der Waals surface area contributed by atoms with Gasteiger partial charge in [-0.05, 0) is 25.1 Å². The summed E-state index contributed by atoms with van der Waals surface area (Å²) >= 11 is 5.57. The van der Waals surface area contributed by atoms with Gasteiger partial charge >= 0.3 is 0 Å². The first-order valence-corrected chi connectivity index (χ1v) is 4.97. The van der Waals surface area contributed by atoms with Crippen LogP contribution in [0.2, 0.25) is 5.02 Å². The molecule has 0 saturated carbocycles. The van der Waals surface area contributed by atoms with Gasteiger partial charge in [-0.15, -0.1) is 0 Å². The number of carbonyl (C=O) groups excluding carboxylic acids is 1. The van der Waals surface area contributed by atoms with E-state index in [-0.39, 0.29) is 16.5 Å². The number of nitriles is 1. The van der Waals surface area contributed by atoms with Gasteiger partial charge in [-0.2, -0.15) is 5.26 Å². The van der Waals surface area contributed by atoms with E-state index in [1.165, 1.54) is 24.1 Å². The van der Waals surface area contributed by atoms with E-state index in [1.807, 2.05) is 6.07 Å². The normalized spacial score (nSPS) is 11.7. The van der Waals surface area contributed by atoms with Crippen LogP contribution in [0.1, 0.15) is 17.3 Å². The van der Waals surface area contributed by atoms with Crippen LogP contribution in [0.3, 0.4) is 0 Å². The summed E-state index contributed by atoms with van der Waals surface area (Å²) in [4.78, 5) is 13.1. The van der Waals surface area contributed by atoms with Gasteiger partial charge in [0, 0.05) is 12.6 Å². The molecule has 0 aliphatic carbocycles. The van der Waals surface area contributed by atoms with Crippen molar-refractivity contribution in [3.63, 3.8) is 0 Å². The molecule has 1 aromatic rings. The summed E-state index contributed by atoms with van der Waals surface area (Å²) < 4.78 is 12.9. The minimum absolute atomic E-state index is 0.108. The maximum absolute atomic E-state index is 12.9. The van der Waals surface area contributed by atoms with Crippen LogP contribution < -0.4 is 0 Å². The molecule has 1 atom stereocenters. The molecular formula is C11H10ClFN2O. The summed E-state index contributed by atoms with van der Waals surface area (Å²) in [6.45, 7) is 1.60. The highest BCUT2D eigenvalue weighted by atomic mass is 35.5. The van der Waals surface area contributed by atoms with Crippen LogP contribution >= 0.6 is 11.6 Å². The van der Waals surface area contributed by atoms with Gasteiger partial charge in [0.25, 0.3) is 5.91 Å². The van der Waals surface area contributed by atoms with Gasteiger partial charge in [-0.1, -0.05) is 11.6 Å². The molecule has 0 spiro atoms. The molecular weight excluding hydrogens is 231 g/mol. The fourth-order valence-electron chi connectivity index (χ4n) is 1.10. The van der Waals surface area contributed by atoms with E-state index >= 15 is 0 Å². The van der Waals surface area contributed by atoms with E-state index < -0.39 is 11.9 Å². The van der Waals surface area contributed by atoms with E-state index in [0.717, 1.165) is 6.07 Å². The van der Waals surface area contributed by atoms with Gasteiger partial charge < -0.3 is 4.90 Å². The number of hydrogen-bond donors (Lipinski definition) is 0. The Hall–Kier alpha value is -1.60. The summed E-state index contributed by atoms with van der Waals surface area (Å²) in [6, 6.07) is 5.11. The van der Waals surface area contributed by atoms with Crippen LogP contribution in [0.15, 0.2) is 18.2 Å². The standard InChI is InChI=1S/C11H10ClFN2O/c1-7(6-14)15(2)11(16)8-3-4-10(13)9(12)5-8/h3-5,7H,1-2H3. The van der Waals surface area contributed by atoms with Crippen molar-refractivity contribution in [2.24, 2.45) is 0 Å². The largest absolute Gasteiger partial charge is 0.326 e. The quantitative estimate of drug-likeness (QED) is 0.797. The van der Waals surface area contributed by atoms with E-state index in [4.69, 9.17) is 16.9 Å². The second-order valence-corrected chi connectivity index (χ2v) is 3.76. The molecule has 0 aliphatic rings. The zero-order valence-electron chi connectivity index (χ0n) is 8.87. The van der Waals surface area contributed by atoms with E-state index in [1.54, 1.807) is 6.92 Å². The maximum Gasteiger partial charge on any atom is 0.254 e. The van der Waals surface area contributed by atoms with E-state index in [0.29, 0.717) is 0 Å². The highest BCUT2D eigenvalue weighted by Crippen LogP contribution is 2.17. The lowest BCUT2D eigenvalue weighted by molar-refractivity contribution is 0.0773. The molecule has 16 heavy (non-hydrogen) atoms. The highest BCUT2D eigenvalue weighted by Gasteiger charge is 2.17. The molecule has 3 nitrogen and oxygen atoms in total. The Morgan fingerprint density at radius 1 is 1.62 bits per heavy atom. The Morgan fingerprint density at radius 2 is 2.25 bits per heavy atom. The zero-order valence-corrected chi connectivity index (χ0v) is 9.62. The Bertz CT molecular complexity index is 456. The lowest BCUT2D eigenvalue weighted by Crippen LogP contribution is -2.34. The maximum atomic E-state index is 12.9. The molecule has 0 fully saturated rings. The van der Waals surface area contributed by atoms with Crippen molar-refractivity contribution in [1.29, 1.82) is 5.26 Å². The predicted molar refractivity (Wildman–Crippen MR) is 58.6 cm³/mol. The van der Waals surface area contributed by atoms with Crippen LogP contribution in [-0.4, -0.2) is 23.9 Å². The molecule has 0 saturated heterocycles. The predicted octanol–water partition coefficient (Wildman–Crippen LogP) is 2.46. The van der Waals surface area contributed by atoms with Crippen molar-refractivity contribution in [2.75, 3.05) is 7.05 Å². The lowest BCUT2D eigenvalue weighted by atomic mass is 10.2. The molecule has 0 aromatic heterocycles. The minimum Gasteiger partial charge on any atom is -0.326 e. The average Bonchev–Trinajstić information content (AvgIpc) is 2.29. The zero-order chi connectivity index (χ0) is 12.3. The van der Waals surface area contributed by atoms with Gasteiger partial charge in [0.1, 0.15) is 11.9 Å². The molecule has 0 bridgehead atoms. The first-order chi connectivity index (χ1) is 7.47. The van der Waals surface area contributed by atoms with Gasteiger partial charge in [0.15, 0.2) is 0 Å². The van der Waals surface area contributed by atoms with Crippen molar-refractivity contribution in [3.8, 4) is 6.07 Å². The first-order valence-electron chi connectivity index (χ1n) is 4.59. The Balaban J connectivity index is 2.98. The van der Waals surface area contributed by atoms with Crippen molar-refractivity contribution in [1.82, 2.24) is 4.90 Å². The highest BCUT2D eigenvalue weighted by molar-refractivity contribution is 6.31. The van der Waals surface area contributed by atoms with Crippen LogP contribution in [0.5, 0.6) is 0 Å². The molecule has 1 aromatic carbocycles. The number of hydrogen-bond acceptors (Lipinski definition) is 2. The van der Waals surface area contributed by atoms with Crippen molar-refractivity contribution >= 4 is 17.5 Å². The van der Waals surface area contributed by atoms with Crippen molar-refractivity contribution < 1.29 is 9.18 Å². The molecule has 84 valence electrons. The summed E-state index contributed by atoms with van der Waals surface area (Å²) in [6.07, 6.45) is 0. The van der Waals surface area contributed by atoms with Gasteiger partial charge in [0.05, 0.1) is 11.1 Å². The lowest BCUT2D eigenvalue weighted by Gasteiger charge is -2.19. The van der Waals surface area contributed by atoms with Crippen LogP contribution in [-0.2, 0) is 0 Å². The summed E-state index contributed by atoms with van der Waals surface area (Å²) in [5.74, 6) is -0.940. The molecule has 0 aliphatic heterocycles. The van der Waals surface area contributed by atoms with Crippen LogP contribution in [0.25, 0.3) is 0 Å². The summed E-state index contributed by atoms with van der Waals surface area (Å²) in [5.41, 5.74) is 0.260.